The van der Waals surface area contributed by atoms with Crippen LogP contribution in [-0.4, -0.2) is 52.0 Å². The number of fused-ring (bicyclic) bond motifs is 1. The molecule has 0 spiro atoms. The number of hydrogen-bond acceptors (Lipinski definition) is 7. The molecule has 0 aromatic carbocycles. The van der Waals surface area contributed by atoms with Crippen LogP contribution in [0.15, 0.2) is 11.0 Å². The Hall–Kier alpha value is -2.00. The van der Waals surface area contributed by atoms with Gasteiger partial charge in [-0.3, -0.25) is 4.79 Å². The summed E-state index contributed by atoms with van der Waals surface area (Å²) in [6.07, 6.45) is 1.07. The molecule has 0 atom stereocenters. The number of rotatable bonds is 2. The van der Waals surface area contributed by atoms with Crippen molar-refractivity contribution in [2.24, 2.45) is 0 Å². The normalized spacial score (nSPS) is 15.9. The summed E-state index contributed by atoms with van der Waals surface area (Å²) in [5.74, 6) is -1.30. The Morgan fingerprint density at radius 3 is 2.84 bits per heavy atom. The minimum atomic E-state index is -1.30. The molecule has 0 bridgehead atoms. The number of hydrogen-bond donors (Lipinski definition) is 1. The second kappa shape index (κ2) is 4.59. The van der Waals surface area contributed by atoms with Gasteiger partial charge in [0.2, 0.25) is 10.1 Å². The number of carboxylic acid groups (broad SMARTS) is 1. The molecule has 0 unspecified atom stereocenters. The number of anilines is 1. The van der Waals surface area contributed by atoms with Gasteiger partial charge in [0, 0.05) is 13.1 Å². The summed E-state index contributed by atoms with van der Waals surface area (Å²) in [4.78, 5) is 29.1. The Morgan fingerprint density at radius 1 is 1.42 bits per heavy atom. The van der Waals surface area contributed by atoms with E-state index in [0.717, 1.165) is 10.7 Å². The number of morpholine rings is 1. The lowest BCUT2D eigenvalue weighted by atomic mass is 10.3. The standard InChI is InChI=1S/C10H10N4O4S/c15-7-6(8(16)17)5-11-9-14(7)12-10(19-9)13-1-3-18-4-2-13/h5H,1-4H2,(H,16,17). The second-order valence-corrected chi connectivity index (χ2v) is 4.90. The largest absolute Gasteiger partial charge is 0.477 e. The average molecular weight is 282 g/mol. The molecule has 0 radical (unpaired) electrons. The zero-order valence-electron chi connectivity index (χ0n) is 9.77. The number of carboxylic acids is 1. The molecule has 2 aromatic heterocycles. The fourth-order valence-electron chi connectivity index (χ4n) is 1.81. The fraction of sp³-hybridized carbons (Fsp3) is 0.400. The maximum absolute atomic E-state index is 11.9. The van der Waals surface area contributed by atoms with E-state index in [4.69, 9.17) is 9.84 Å². The van der Waals surface area contributed by atoms with E-state index in [1.54, 1.807) is 0 Å². The molecule has 0 amide bonds. The number of nitrogens with zero attached hydrogens (tertiary/aromatic N) is 4. The van der Waals surface area contributed by atoms with Crippen molar-refractivity contribution in [1.29, 1.82) is 0 Å². The van der Waals surface area contributed by atoms with Crippen molar-refractivity contribution in [2.45, 2.75) is 0 Å². The molecule has 1 saturated heterocycles. The van der Waals surface area contributed by atoms with E-state index >= 15 is 0 Å². The highest BCUT2D eigenvalue weighted by Crippen LogP contribution is 2.21. The summed E-state index contributed by atoms with van der Waals surface area (Å²) in [6, 6.07) is 0. The Bertz CT molecular complexity index is 688. The van der Waals surface area contributed by atoms with Crippen LogP contribution in [0.3, 0.4) is 0 Å². The van der Waals surface area contributed by atoms with Gasteiger partial charge in [-0.05, 0) is 0 Å². The maximum Gasteiger partial charge on any atom is 0.343 e. The van der Waals surface area contributed by atoms with Crippen molar-refractivity contribution in [2.75, 3.05) is 31.2 Å². The average Bonchev–Trinajstić information content (AvgIpc) is 2.85. The SMILES string of the molecule is O=C(O)c1cnc2sc(N3CCOCC3)nn2c1=O. The summed E-state index contributed by atoms with van der Waals surface area (Å²) in [6.45, 7) is 2.61. The zero-order valence-corrected chi connectivity index (χ0v) is 10.6. The minimum Gasteiger partial charge on any atom is -0.477 e. The highest BCUT2D eigenvalue weighted by molar-refractivity contribution is 7.20. The predicted octanol–water partition coefficient (Wildman–Crippen LogP) is -0.314. The van der Waals surface area contributed by atoms with Gasteiger partial charge in [0.1, 0.15) is 5.56 Å². The van der Waals surface area contributed by atoms with Crippen LogP contribution >= 0.6 is 11.3 Å². The summed E-state index contributed by atoms with van der Waals surface area (Å²) < 4.78 is 6.28. The quantitative estimate of drug-likeness (QED) is 0.806. The van der Waals surface area contributed by atoms with Crippen LogP contribution in [-0.2, 0) is 4.74 Å². The minimum absolute atomic E-state index is 0.378. The van der Waals surface area contributed by atoms with Crippen LogP contribution in [0.2, 0.25) is 0 Å². The van der Waals surface area contributed by atoms with Gasteiger partial charge in [0.25, 0.3) is 5.56 Å². The van der Waals surface area contributed by atoms with Crippen LogP contribution in [0.1, 0.15) is 10.4 Å². The van der Waals surface area contributed by atoms with E-state index in [9.17, 15) is 9.59 Å². The maximum atomic E-state index is 11.9. The van der Waals surface area contributed by atoms with Crippen molar-refractivity contribution < 1.29 is 14.6 Å². The van der Waals surface area contributed by atoms with Gasteiger partial charge < -0.3 is 14.7 Å². The van der Waals surface area contributed by atoms with Crippen molar-refractivity contribution >= 4 is 27.4 Å². The third kappa shape index (κ3) is 2.06. The number of aromatic carboxylic acids is 1. The van der Waals surface area contributed by atoms with Gasteiger partial charge in [-0.25, -0.2) is 9.78 Å². The molecule has 1 N–H and O–H groups in total. The van der Waals surface area contributed by atoms with Gasteiger partial charge >= 0.3 is 5.97 Å². The first kappa shape index (κ1) is 12.1. The molecule has 1 fully saturated rings. The number of carbonyl (C=O) groups is 1. The number of ether oxygens (including phenoxy) is 1. The first-order chi connectivity index (χ1) is 9.16. The molecule has 100 valence electrons. The lowest BCUT2D eigenvalue weighted by Gasteiger charge is -2.25. The third-order valence-electron chi connectivity index (χ3n) is 2.79. The van der Waals surface area contributed by atoms with Gasteiger partial charge in [-0.15, -0.1) is 5.10 Å². The first-order valence-electron chi connectivity index (χ1n) is 5.61. The highest BCUT2D eigenvalue weighted by Gasteiger charge is 2.19. The van der Waals surface area contributed by atoms with Crippen molar-refractivity contribution in [3.8, 4) is 0 Å². The summed E-state index contributed by atoms with van der Waals surface area (Å²) >= 11 is 1.26. The van der Waals surface area contributed by atoms with Crippen LogP contribution in [0.4, 0.5) is 5.13 Å². The van der Waals surface area contributed by atoms with Crippen molar-refractivity contribution in [3.05, 3.63) is 22.1 Å². The Balaban J connectivity index is 2.08. The zero-order chi connectivity index (χ0) is 13.4. The molecular formula is C10H10N4O4S. The van der Waals surface area contributed by atoms with Gasteiger partial charge in [-0.2, -0.15) is 4.52 Å². The van der Waals surface area contributed by atoms with Crippen LogP contribution in [0.5, 0.6) is 0 Å². The molecule has 19 heavy (non-hydrogen) atoms. The van der Waals surface area contributed by atoms with E-state index in [2.05, 4.69) is 10.1 Å². The molecule has 8 nitrogen and oxygen atoms in total. The molecule has 9 heteroatoms. The number of aromatic nitrogens is 3. The highest BCUT2D eigenvalue weighted by atomic mass is 32.1. The van der Waals surface area contributed by atoms with E-state index < -0.39 is 11.5 Å². The molecule has 3 heterocycles. The Morgan fingerprint density at radius 2 is 2.16 bits per heavy atom. The first-order valence-corrected chi connectivity index (χ1v) is 6.43. The lowest BCUT2D eigenvalue weighted by Crippen LogP contribution is -2.36. The second-order valence-electron chi connectivity index (χ2n) is 3.96. The molecule has 3 rings (SSSR count). The van der Waals surface area contributed by atoms with Gasteiger partial charge in [-0.1, -0.05) is 11.3 Å². The smallest absolute Gasteiger partial charge is 0.343 e. The lowest BCUT2D eigenvalue weighted by molar-refractivity contribution is 0.0694. The summed E-state index contributed by atoms with van der Waals surface area (Å²) in [7, 11) is 0. The topological polar surface area (TPSA) is 97.0 Å². The van der Waals surface area contributed by atoms with Gasteiger partial charge in [0.15, 0.2) is 0 Å². The summed E-state index contributed by atoms with van der Waals surface area (Å²) in [5, 5.41) is 13.7. The Kier molecular flexibility index (Phi) is 2.91. The van der Waals surface area contributed by atoms with Crippen LogP contribution < -0.4 is 10.5 Å². The third-order valence-corrected chi connectivity index (χ3v) is 3.77. The monoisotopic (exact) mass is 282 g/mol. The van der Waals surface area contributed by atoms with E-state index in [1.807, 2.05) is 4.90 Å². The van der Waals surface area contributed by atoms with E-state index in [1.165, 1.54) is 11.3 Å². The molecule has 0 saturated carbocycles. The predicted molar refractivity (Wildman–Crippen MR) is 67.1 cm³/mol. The fourth-order valence-corrected chi connectivity index (χ4v) is 2.72. The van der Waals surface area contributed by atoms with Crippen LogP contribution in [0.25, 0.3) is 4.96 Å². The molecule has 0 aliphatic carbocycles. The molecular weight excluding hydrogens is 272 g/mol. The summed E-state index contributed by atoms with van der Waals surface area (Å²) in [5.41, 5.74) is -1.04. The van der Waals surface area contributed by atoms with Crippen molar-refractivity contribution in [3.63, 3.8) is 0 Å². The van der Waals surface area contributed by atoms with Crippen molar-refractivity contribution in [1.82, 2.24) is 14.6 Å². The molecule has 1 aliphatic heterocycles. The van der Waals surface area contributed by atoms with E-state index in [0.29, 0.717) is 36.4 Å². The van der Waals surface area contributed by atoms with Crippen LogP contribution in [0, 0.1) is 0 Å². The molecule has 2 aromatic rings. The van der Waals surface area contributed by atoms with E-state index in [-0.39, 0.29) is 5.56 Å². The van der Waals surface area contributed by atoms with Gasteiger partial charge in [0.05, 0.1) is 19.4 Å². The Labute approximate surface area is 110 Å². The molecule has 1 aliphatic rings.